The second kappa shape index (κ2) is 4.79. The van der Waals surface area contributed by atoms with Crippen LogP contribution in [0.2, 0.25) is 0 Å². The number of aliphatic hydroxyl groups excluding tert-OH is 1. The predicted octanol–water partition coefficient (Wildman–Crippen LogP) is 2.86. The van der Waals surface area contributed by atoms with Crippen molar-refractivity contribution in [1.82, 2.24) is 0 Å². The fourth-order valence-electron chi connectivity index (χ4n) is 0.831. The van der Waals surface area contributed by atoms with Crippen LogP contribution >= 0.6 is 0 Å². The zero-order chi connectivity index (χ0) is 13.2. The van der Waals surface area contributed by atoms with Gasteiger partial charge < -0.3 is 5.11 Å². The fraction of sp³-hybridized carbons (Fsp3) is 1.00. The van der Waals surface area contributed by atoms with Gasteiger partial charge in [0, 0.05) is 5.92 Å². The van der Waals surface area contributed by atoms with Gasteiger partial charge in [0.15, 0.2) is 0 Å². The van der Waals surface area contributed by atoms with Crippen LogP contribution in [0.3, 0.4) is 0 Å². The maximum atomic E-state index is 13.0. The summed E-state index contributed by atoms with van der Waals surface area (Å²) in [4.78, 5) is 0. The molecule has 0 amide bonds. The number of hydrogen-bond acceptors (Lipinski definition) is 2. The first-order chi connectivity index (χ1) is 7.00. The molecule has 0 aromatic rings. The van der Waals surface area contributed by atoms with Crippen LogP contribution in [-0.4, -0.2) is 29.9 Å². The van der Waals surface area contributed by atoms with Crippen molar-refractivity contribution in [1.29, 1.82) is 0 Å². The van der Waals surface area contributed by atoms with E-state index in [0.717, 1.165) is 6.92 Å². The smallest absolute Gasteiger partial charge is 0.387 e. The van der Waals surface area contributed by atoms with Crippen LogP contribution < -0.4 is 0 Å². The summed E-state index contributed by atoms with van der Waals surface area (Å²) in [6.07, 6.45) is -10.4. The Labute approximate surface area is 88.2 Å². The molecule has 0 saturated heterocycles. The van der Waals surface area contributed by atoms with Gasteiger partial charge in [-0.3, -0.25) is 0 Å². The van der Waals surface area contributed by atoms with Gasteiger partial charge in [-0.15, -0.1) is 0 Å². The quantitative estimate of drug-likeness (QED) is 0.738. The van der Waals surface area contributed by atoms with Crippen LogP contribution in [-0.2, 0) is 4.74 Å². The van der Waals surface area contributed by atoms with Crippen LogP contribution in [0.1, 0.15) is 20.3 Å². The fourth-order valence-corrected chi connectivity index (χ4v) is 0.831. The van der Waals surface area contributed by atoms with Gasteiger partial charge in [-0.1, -0.05) is 13.8 Å². The van der Waals surface area contributed by atoms with Gasteiger partial charge in [0.2, 0.25) is 0 Å². The van der Waals surface area contributed by atoms with E-state index in [2.05, 4.69) is 4.74 Å². The highest BCUT2D eigenvalue weighted by atomic mass is 19.3. The molecular formula is C8H12F6O2. The van der Waals surface area contributed by atoms with Gasteiger partial charge in [-0.2, -0.15) is 26.3 Å². The lowest BCUT2D eigenvalue weighted by Gasteiger charge is -2.32. The number of rotatable bonds is 6. The molecule has 0 radical (unpaired) electrons. The van der Waals surface area contributed by atoms with E-state index in [1.807, 2.05) is 0 Å². The minimum absolute atomic E-state index is 0.337. The minimum atomic E-state index is -5.34. The SMILES string of the molecule is CCC(C)C(F)(F)C(F)(F)OC(F)(F)CO. The average Bonchev–Trinajstić information content (AvgIpc) is 2.14. The lowest BCUT2D eigenvalue weighted by atomic mass is 10.00. The summed E-state index contributed by atoms with van der Waals surface area (Å²) in [5, 5.41) is 7.97. The molecule has 0 aromatic heterocycles. The molecule has 0 heterocycles. The minimum Gasteiger partial charge on any atom is -0.387 e. The third-order valence-electron chi connectivity index (χ3n) is 2.08. The summed E-state index contributed by atoms with van der Waals surface area (Å²) in [5.41, 5.74) is 0. The topological polar surface area (TPSA) is 29.5 Å². The molecule has 0 aliphatic rings. The Morgan fingerprint density at radius 1 is 1.12 bits per heavy atom. The van der Waals surface area contributed by atoms with E-state index in [1.54, 1.807) is 0 Å². The summed E-state index contributed by atoms with van der Waals surface area (Å²) < 4.78 is 78.7. The molecule has 8 heteroatoms. The second-order valence-electron chi connectivity index (χ2n) is 3.35. The van der Waals surface area contributed by atoms with Gasteiger partial charge in [-0.05, 0) is 6.42 Å². The highest BCUT2D eigenvalue weighted by Gasteiger charge is 2.64. The standard InChI is InChI=1S/C8H12F6O2/c1-3-5(2)7(11,12)8(13,14)16-6(9,10)4-15/h5,15H,3-4H2,1-2H3. The molecule has 0 fully saturated rings. The zero-order valence-electron chi connectivity index (χ0n) is 8.61. The summed E-state index contributed by atoms with van der Waals surface area (Å²) in [6, 6.07) is 0. The second-order valence-corrected chi connectivity index (χ2v) is 3.35. The molecule has 1 N–H and O–H groups in total. The van der Waals surface area contributed by atoms with Crippen LogP contribution in [0.4, 0.5) is 26.3 Å². The molecule has 98 valence electrons. The lowest BCUT2D eigenvalue weighted by Crippen LogP contribution is -2.51. The maximum absolute atomic E-state index is 13.0. The van der Waals surface area contributed by atoms with Crippen molar-refractivity contribution in [2.75, 3.05) is 6.61 Å². The zero-order valence-corrected chi connectivity index (χ0v) is 8.61. The number of ether oxygens (including phenoxy) is 1. The van der Waals surface area contributed by atoms with Crippen molar-refractivity contribution in [3.05, 3.63) is 0 Å². The predicted molar refractivity (Wildman–Crippen MR) is 42.5 cm³/mol. The van der Waals surface area contributed by atoms with E-state index in [1.165, 1.54) is 6.92 Å². The summed E-state index contributed by atoms with van der Waals surface area (Å²) in [6.45, 7) is -0.105. The first-order valence-corrected chi connectivity index (χ1v) is 4.44. The molecule has 2 nitrogen and oxygen atoms in total. The molecule has 0 aliphatic carbocycles. The van der Waals surface area contributed by atoms with Gasteiger partial charge in [-0.25, -0.2) is 4.74 Å². The number of hydrogen-bond donors (Lipinski definition) is 1. The molecular weight excluding hydrogens is 242 g/mol. The van der Waals surface area contributed by atoms with Crippen molar-refractivity contribution >= 4 is 0 Å². The van der Waals surface area contributed by atoms with Crippen molar-refractivity contribution in [3.8, 4) is 0 Å². The molecule has 1 unspecified atom stereocenters. The highest BCUT2D eigenvalue weighted by molar-refractivity contribution is 4.83. The van der Waals surface area contributed by atoms with Gasteiger partial charge >= 0.3 is 18.1 Å². The van der Waals surface area contributed by atoms with Gasteiger partial charge in [0.1, 0.15) is 6.61 Å². The van der Waals surface area contributed by atoms with E-state index in [4.69, 9.17) is 5.11 Å². The van der Waals surface area contributed by atoms with Crippen LogP contribution in [0.5, 0.6) is 0 Å². The Morgan fingerprint density at radius 3 is 1.88 bits per heavy atom. The van der Waals surface area contributed by atoms with E-state index >= 15 is 0 Å². The third kappa shape index (κ3) is 3.24. The molecule has 0 saturated carbocycles. The molecule has 0 spiro atoms. The van der Waals surface area contributed by atoms with E-state index in [-0.39, 0.29) is 6.42 Å². The Morgan fingerprint density at radius 2 is 1.56 bits per heavy atom. The Hall–Kier alpha value is -0.500. The Bertz CT molecular complexity index is 231. The normalized spacial score (nSPS) is 16.3. The lowest BCUT2D eigenvalue weighted by molar-refractivity contribution is -0.441. The Balaban J connectivity index is 4.90. The average molecular weight is 254 g/mol. The summed E-state index contributed by atoms with van der Waals surface area (Å²) in [5.74, 6) is -6.57. The van der Waals surface area contributed by atoms with E-state index in [9.17, 15) is 26.3 Å². The number of halogens is 6. The molecule has 0 aromatic carbocycles. The maximum Gasteiger partial charge on any atom is 0.424 e. The van der Waals surface area contributed by atoms with Crippen molar-refractivity contribution in [2.24, 2.45) is 5.92 Å². The molecule has 0 rings (SSSR count). The third-order valence-corrected chi connectivity index (χ3v) is 2.08. The van der Waals surface area contributed by atoms with E-state index < -0.39 is 30.7 Å². The largest absolute Gasteiger partial charge is 0.424 e. The van der Waals surface area contributed by atoms with Crippen molar-refractivity contribution in [3.63, 3.8) is 0 Å². The van der Waals surface area contributed by atoms with Gasteiger partial charge in [0.25, 0.3) is 0 Å². The highest BCUT2D eigenvalue weighted by Crippen LogP contribution is 2.44. The number of alkyl halides is 6. The molecule has 0 bridgehead atoms. The first kappa shape index (κ1) is 15.5. The monoisotopic (exact) mass is 254 g/mol. The molecule has 1 atom stereocenters. The van der Waals surface area contributed by atoms with Crippen molar-refractivity contribution in [2.45, 2.75) is 38.4 Å². The first-order valence-electron chi connectivity index (χ1n) is 4.44. The van der Waals surface area contributed by atoms with E-state index in [0.29, 0.717) is 0 Å². The van der Waals surface area contributed by atoms with Crippen molar-refractivity contribution < 1.29 is 36.2 Å². The molecule has 16 heavy (non-hydrogen) atoms. The Kier molecular flexibility index (Phi) is 4.64. The van der Waals surface area contributed by atoms with Crippen LogP contribution in [0.25, 0.3) is 0 Å². The van der Waals surface area contributed by atoms with Crippen LogP contribution in [0.15, 0.2) is 0 Å². The summed E-state index contributed by atoms with van der Waals surface area (Å²) >= 11 is 0. The van der Waals surface area contributed by atoms with Crippen LogP contribution in [0, 0.1) is 5.92 Å². The number of aliphatic hydroxyl groups is 1. The molecule has 0 aliphatic heterocycles. The van der Waals surface area contributed by atoms with Gasteiger partial charge in [0.05, 0.1) is 0 Å². The summed E-state index contributed by atoms with van der Waals surface area (Å²) in [7, 11) is 0.